The van der Waals surface area contributed by atoms with Crippen LogP contribution in [-0.4, -0.2) is 34.2 Å². The Labute approximate surface area is 234 Å². The fraction of sp³-hybridized carbons (Fsp3) is 0.258. The summed E-state index contributed by atoms with van der Waals surface area (Å²) < 4.78 is 40.2. The molecule has 1 aliphatic heterocycles. The van der Waals surface area contributed by atoms with E-state index in [1.807, 2.05) is 30.3 Å². The summed E-state index contributed by atoms with van der Waals surface area (Å²) in [6.07, 6.45) is 0.945. The lowest BCUT2D eigenvalue weighted by Crippen LogP contribution is -2.41. The highest BCUT2D eigenvalue weighted by molar-refractivity contribution is 6.07. The van der Waals surface area contributed by atoms with Crippen LogP contribution in [-0.2, 0) is 4.79 Å². The van der Waals surface area contributed by atoms with Crippen LogP contribution in [0.1, 0.15) is 59.1 Å². The number of hydrogen-bond acceptors (Lipinski definition) is 4. The number of carbonyl (C=O) groups is 2. The van der Waals surface area contributed by atoms with Crippen LogP contribution in [0.3, 0.4) is 0 Å². The molecular formula is C31H28F3N5O2. The minimum absolute atomic E-state index is 0.0802. The first-order valence-electron chi connectivity index (χ1n) is 13.6. The summed E-state index contributed by atoms with van der Waals surface area (Å²) in [5.41, 5.74) is 4.43. The van der Waals surface area contributed by atoms with E-state index in [4.69, 9.17) is 0 Å². The van der Waals surface area contributed by atoms with E-state index in [1.54, 1.807) is 12.1 Å². The summed E-state index contributed by atoms with van der Waals surface area (Å²) in [4.78, 5) is 34.2. The molecule has 41 heavy (non-hydrogen) atoms. The zero-order valence-electron chi connectivity index (χ0n) is 22.0. The molecule has 2 aliphatic rings. The molecule has 0 unspecified atom stereocenters. The summed E-state index contributed by atoms with van der Waals surface area (Å²) >= 11 is 0. The predicted octanol–water partition coefficient (Wildman–Crippen LogP) is 6.72. The van der Waals surface area contributed by atoms with Crippen LogP contribution in [0.2, 0.25) is 0 Å². The number of aromatic amines is 1. The Hall–Kier alpha value is -4.60. The third kappa shape index (κ3) is 5.41. The summed E-state index contributed by atoms with van der Waals surface area (Å²) in [5.74, 6) is -2.22. The van der Waals surface area contributed by atoms with Crippen molar-refractivity contribution in [2.75, 3.05) is 10.6 Å². The number of hydrogen-bond donors (Lipinski definition) is 4. The number of alkyl halides is 2. The molecule has 4 N–H and O–H groups in total. The Bertz CT molecular complexity index is 1570. The van der Waals surface area contributed by atoms with Gasteiger partial charge < -0.3 is 20.9 Å². The van der Waals surface area contributed by atoms with Gasteiger partial charge in [0.25, 0.3) is 5.91 Å². The van der Waals surface area contributed by atoms with E-state index in [-0.39, 0.29) is 29.2 Å². The van der Waals surface area contributed by atoms with Crippen molar-refractivity contribution in [3.63, 3.8) is 0 Å². The Morgan fingerprint density at radius 2 is 1.83 bits per heavy atom. The average Bonchev–Trinajstić information content (AvgIpc) is 3.58. The standard InChI is InChI=1S/C31H28F3N5O2/c32-19-11-9-17(10-12-19)22(16-24(33)34)30(40)38-25-15-18(13-14-35-25)27-29(36-20-5-2-1-3-6-20)26-28(39-27)21-7-4-8-23(21)37-31(26)41/h1-3,5-6,9-15,21-24,36,39H,4,7-8,16H2,(H,37,41)(H,35,38,40)/t21-,22+,23+/m0/s1. The average molecular weight is 560 g/mol. The van der Waals surface area contributed by atoms with Crippen molar-refractivity contribution in [2.24, 2.45) is 0 Å². The number of H-pyrrole nitrogens is 1. The van der Waals surface area contributed by atoms with Gasteiger partial charge in [-0.25, -0.2) is 18.2 Å². The third-order valence-electron chi connectivity index (χ3n) is 7.81. The summed E-state index contributed by atoms with van der Waals surface area (Å²) in [6.45, 7) is 0. The maximum absolute atomic E-state index is 13.4. The van der Waals surface area contributed by atoms with Gasteiger partial charge in [0.15, 0.2) is 0 Å². The summed E-state index contributed by atoms with van der Waals surface area (Å²) in [7, 11) is 0. The number of nitrogens with zero attached hydrogens (tertiary/aromatic N) is 1. The third-order valence-corrected chi connectivity index (χ3v) is 7.81. The molecule has 2 aromatic heterocycles. The minimum Gasteiger partial charge on any atom is -0.356 e. The van der Waals surface area contributed by atoms with E-state index in [0.29, 0.717) is 22.5 Å². The highest BCUT2D eigenvalue weighted by Crippen LogP contribution is 2.45. The molecule has 1 aliphatic carbocycles. The number of rotatable bonds is 8. The zero-order chi connectivity index (χ0) is 28.5. The first-order chi connectivity index (χ1) is 19.9. The van der Waals surface area contributed by atoms with Gasteiger partial charge in [0.05, 0.1) is 22.9 Å². The van der Waals surface area contributed by atoms with Crippen molar-refractivity contribution < 1.29 is 22.8 Å². The van der Waals surface area contributed by atoms with Gasteiger partial charge >= 0.3 is 0 Å². The monoisotopic (exact) mass is 559 g/mol. The second-order valence-electron chi connectivity index (χ2n) is 10.4. The van der Waals surface area contributed by atoms with Gasteiger partial charge in [-0.2, -0.15) is 0 Å². The quantitative estimate of drug-likeness (QED) is 0.193. The first kappa shape index (κ1) is 26.6. The fourth-order valence-electron chi connectivity index (χ4n) is 5.89. The lowest BCUT2D eigenvalue weighted by Gasteiger charge is -2.27. The topological polar surface area (TPSA) is 98.9 Å². The molecule has 2 aromatic carbocycles. The normalized spacial score (nSPS) is 18.4. The fourth-order valence-corrected chi connectivity index (χ4v) is 5.89. The van der Waals surface area contributed by atoms with Gasteiger partial charge in [0, 0.05) is 41.5 Å². The molecule has 0 saturated heterocycles. The van der Waals surface area contributed by atoms with Gasteiger partial charge in [-0.15, -0.1) is 0 Å². The van der Waals surface area contributed by atoms with Crippen LogP contribution in [0, 0.1) is 5.82 Å². The number of pyridine rings is 1. The highest BCUT2D eigenvalue weighted by Gasteiger charge is 2.40. The zero-order valence-corrected chi connectivity index (χ0v) is 22.0. The van der Waals surface area contributed by atoms with E-state index < -0.39 is 30.5 Å². The molecule has 210 valence electrons. The Morgan fingerprint density at radius 3 is 2.59 bits per heavy atom. The van der Waals surface area contributed by atoms with Gasteiger partial charge in [0.2, 0.25) is 12.3 Å². The highest BCUT2D eigenvalue weighted by atomic mass is 19.3. The van der Waals surface area contributed by atoms with Crippen molar-refractivity contribution >= 4 is 29.0 Å². The first-order valence-corrected chi connectivity index (χ1v) is 13.6. The maximum atomic E-state index is 13.4. The SMILES string of the molecule is O=C1N[C@@H]2CCC[C@@H]2c2[nH]c(-c3ccnc(NC(=O)[C@H](CC(F)F)c4ccc(F)cc4)c3)c(Nc3ccccc3)c21. The molecule has 0 bridgehead atoms. The van der Waals surface area contributed by atoms with Crippen molar-refractivity contribution in [1.29, 1.82) is 0 Å². The molecule has 0 spiro atoms. The number of benzene rings is 2. The molecule has 1 saturated carbocycles. The molecule has 7 nitrogen and oxygen atoms in total. The molecule has 0 radical (unpaired) electrons. The van der Waals surface area contributed by atoms with E-state index in [0.717, 1.165) is 42.8 Å². The number of anilines is 3. The number of aromatic nitrogens is 2. The van der Waals surface area contributed by atoms with Crippen LogP contribution in [0.5, 0.6) is 0 Å². The summed E-state index contributed by atoms with van der Waals surface area (Å²) in [5, 5.41) is 9.22. The number of amides is 2. The van der Waals surface area contributed by atoms with Crippen molar-refractivity contribution in [2.45, 2.75) is 50.0 Å². The van der Waals surface area contributed by atoms with Crippen molar-refractivity contribution in [3.05, 3.63) is 95.6 Å². The molecule has 2 amide bonds. The number of nitrogens with one attached hydrogen (secondary N) is 4. The summed E-state index contributed by atoms with van der Waals surface area (Å²) in [6, 6.07) is 17.9. The number of fused-ring (bicyclic) bond motifs is 3. The number of para-hydroxylation sites is 1. The van der Waals surface area contributed by atoms with Crippen LogP contribution in [0.15, 0.2) is 72.9 Å². The lowest BCUT2D eigenvalue weighted by molar-refractivity contribution is -0.118. The van der Waals surface area contributed by atoms with Crippen molar-refractivity contribution in [3.8, 4) is 11.3 Å². The van der Waals surface area contributed by atoms with E-state index in [1.165, 1.54) is 18.3 Å². The predicted molar refractivity (Wildman–Crippen MR) is 150 cm³/mol. The molecule has 3 atom stereocenters. The minimum atomic E-state index is -2.74. The second kappa shape index (κ2) is 11.1. The van der Waals surface area contributed by atoms with Crippen LogP contribution < -0.4 is 16.0 Å². The van der Waals surface area contributed by atoms with Gasteiger partial charge in [0.1, 0.15) is 11.6 Å². The molecule has 4 aromatic rings. The molecule has 6 rings (SSSR count). The maximum Gasteiger partial charge on any atom is 0.255 e. The second-order valence-corrected chi connectivity index (χ2v) is 10.4. The Kier molecular flexibility index (Phi) is 7.21. The molecular weight excluding hydrogens is 531 g/mol. The Balaban J connectivity index is 1.35. The molecule has 10 heteroatoms. The number of carbonyl (C=O) groups excluding carboxylic acids is 2. The van der Waals surface area contributed by atoms with E-state index >= 15 is 0 Å². The van der Waals surface area contributed by atoms with Crippen LogP contribution in [0.25, 0.3) is 11.3 Å². The molecule has 1 fully saturated rings. The molecule has 3 heterocycles. The van der Waals surface area contributed by atoms with Gasteiger partial charge in [-0.3, -0.25) is 9.59 Å². The van der Waals surface area contributed by atoms with Crippen LogP contribution in [0.4, 0.5) is 30.4 Å². The van der Waals surface area contributed by atoms with Crippen molar-refractivity contribution in [1.82, 2.24) is 15.3 Å². The smallest absolute Gasteiger partial charge is 0.255 e. The van der Waals surface area contributed by atoms with E-state index in [9.17, 15) is 22.8 Å². The van der Waals surface area contributed by atoms with Crippen LogP contribution >= 0.6 is 0 Å². The number of halogens is 3. The Morgan fingerprint density at radius 1 is 1.05 bits per heavy atom. The van der Waals surface area contributed by atoms with E-state index in [2.05, 4.69) is 25.9 Å². The largest absolute Gasteiger partial charge is 0.356 e. The lowest BCUT2D eigenvalue weighted by atomic mass is 9.91. The van der Waals surface area contributed by atoms with Gasteiger partial charge in [-0.05, 0) is 54.8 Å². The van der Waals surface area contributed by atoms with Gasteiger partial charge in [-0.1, -0.05) is 36.8 Å².